The van der Waals surface area contributed by atoms with Gasteiger partial charge in [0.1, 0.15) is 0 Å². The van der Waals surface area contributed by atoms with Gasteiger partial charge in [-0.15, -0.1) is 0 Å². The summed E-state index contributed by atoms with van der Waals surface area (Å²) in [7, 11) is 1.31. The lowest BCUT2D eigenvalue weighted by Gasteiger charge is -2.23. The SMILES string of the molecule is CCOc1ccc([C@@H]2C(C(=O)OC)=CN=c3s/c(=C/c4c(C)n(Cc5ccc(Cl)c(Cl)c5)c5ccccc45)c(=O)n32)cc1OCC. The molecule has 3 aromatic carbocycles. The maximum absolute atomic E-state index is 14.3. The van der Waals surface area contributed by atoms with Crippen LogP contribution in [0.3, 0.4) is 0 Å². The number of benzene rings is 3. The molecule has 0 aliphatic carbocycles. The molecule has 0 fully saturated rings. The first kappa shape index (κ1) is 31.7. The number of methoxy groups -OCH3 is 1. The molecule has 1 aliphatic rings. The van der Waals surface area contributed by atoms with Gasteiger partial charge < -0.3 is 18.8 Å². The third kappa shape index (κ3) is 5.75. The van der Waals surface area contributed by atoms with Crippen molar-refractivity contribution in [2.24, 2.45) is 4.99 Å². The molecule has 0 saturated carbocycles. The maximum Gasteiger partial charge on any atom is 0.337 e. The van der Waals surface area contributed by atoms with E-state index in [0.717, 1.165) is 27.7 Å². The molecule has 1 atom stereocenters. The molecular formula is C35H31Cl2N3O5S. The van der Waals surface area contributed by atoms with Gasteiger partial charge in [-0.1, -0.05) is 64.9 Å². The molecular weight excluding hydrogens is 645 g/mol. The monoisotopic (exact) mass is 675 g/mol. The fraction of sp³-hybridized carbons (Fsp3) is 0.229. The molecule has 5 aromatic rings. The largest absolute Gasteiger partial charge is 0.490 e. The molecule has 0 bridgehead atoms. The van der Waals surface area contributed by atoms with Gasteiger partial charge >= 0.3 is 5.97 Å². The van der Waals surface area contributed by atoms with Crippen LogP contribution < -0.4 is 24.4 Å². The van der Waals surface area contributed by atoms with Crippen molar-refractivity contribution in [1.82, 2.24) is 9.13 Å². The van der Waals surface area contributed by atoms with Gasteiger partial charge in [0.25, 0.3) is 5.56 Å². The molecule has 0 N–H and O–H groups in total. The number of aromatic nitrogens is 2. The van der Waals surface area contributed by atoms with Crippen molar-refractivity contribution in [3.05, 3.63) is 125 Å². The molecule has 3 heterocycles. The van der Waals surface area contributed by atoms with Crippen LogP contribution in [0, 0.1) is 6.92 Å². The van der Waals surface area contributed by atoms with Crippen molar-refractivity contribution in [2.45, 2.75) is 33.4 Å². The molecule has 0 unspecified atom stereocenters. The van der Waals surface area contributed by atoms with Gasteiger partial charge in [0, 0.05) is 34.9 Å². The average Bonchev–Trinajstić information content (AvgIpc) is 3.51. The lowest BCUT2D eigenvalue weighted by atomic mass is 9.97. The van der Waals surface area contributed by atoms with E-state index in [1.165, 1.54) is 24.6 Å². The van der Waals surface area contributed by atoms with Crippen molar-refractivity contribution in [3.8, 4) is 11.5 Å². The summed E-state index contributed by atoms with van der Waals surface area (Å²) in [6.07, 6.45) is 3.40. The number of esters is 1. The highest BCUT2D eigenvalue weighted by Gasteiger charge is 2.31. The first-order valence-corrected chi connectivity index (χ1v) is 16.3. The van der Waals surface area contributed by atoms with Gasteiger partial charge in [-0.2, -0.15) is 0 Å². The third-order valence-corrected chi connectivity index (χ3v) is 9.62. The molecule has 6 rings (SSSR count). The van der Waals surface area contributed by atoms with Crippen LogP contribution in [0.25, 0.3) is 17.0 Å². The van der Waals surface area contributed by atoms with E-state index in [2.05, 4.69) is 15.6 Å². The Kier molecular flexibility index (Phi) is 9.08. The summed E-state index contributed by atoms with van der Waals surface area (Å²) in [4.78, 5) is 32.2. The number of carbonyl (C=O) groups excluding carboxylic acids is 1. The lowest BCUT2D eigenvalue weighted by Crippen LogP contribution is -2.39. The highest BCUT2D eigenvalue weighted by Crippen LogP contribution is 2.35. The van der Waals surface area contributed by atoms with E-state index in [1.807, 2.05) is 63.2 Å². The smallest absolute Gasteiger partial charge is 0.337 e. The summed E-state index contributed by atoms with van der Waals surface area (Å²) in [6, 6.07) is 18.3. The van der Waals surface area contributed by atoms with Crippen molar-refractivity contribution in [1.29, 1.82) is 0 Å². The van der Waals surface area contributed by atoms with Crippen LogP contribution in [0.1, 0.15) is 42.3 Å². The van der Waals surface area contributed by atoms with Crippen LogP contribution in [0.5, 0.6) is 11.5 Å². The molecule has 0 saturated heterocycles. The minimum Gasteiger partial charge on any atom is -0.490 e. The molecule has 8 nitrogen and oxygen atoms in total. The molecule has 2 aromatic heterocycles. The van der Waals surface area contributed by atoms with E-state index in [1.54, 1.807) is 22.8 Å². The fourth-order valence-electron chi connectivity index (χ4n) is 5.78. The molecule has 0 amide bonds. The summed E-state index contributed by atoms with van der Waals surface area (Å²) in [5.41, 5.74) is 4.57. The summed E-state index contributed by atoms with van der Waals surface area (Å²) in [6.45, 7) is 7.27. The number of fused-ring (bicyclic) bond motifs is 2. The Balaban J connectivity index is 1.51. The minimum atomic E-state index is -0.780. The molecule has 0 spiro atoms. The average molecular weight is 677 g/mol. The number of ether oxygens (including phenoxy) is 3. The second kappa shape index (κ2) is 13.2. The number of nitrogens with zero attached hydrogens (tertiary/aromatic N) is 3. The molecule has 0 radical (unpaired) electrons. The Morgan fingerprint density at radius 1 is 1.00 bits per heavy atom. The molecule has 46 heavy (non-hydrogen) atoms. The Morgan fingerprint density at radius 3 is 2.50 bits per heavy atom. The second-order valence-electron chi connectivity index (χ2n) is 10.6. The predicted molar refractivity (Wildman–Crippen MR) is 182 cm³/mol. The maximum atomic E-state index is 14.3. The number of hydrogen-bond donors (Lipinski definition) is 0. The van der Waals surface area contributed by atoms with E-state index >= 15 is 0 Å². The first-order chi connectivity index (χ1) is 22.2. The highest BCUT2D eigenvalue weighted by atomic mass is 35.5. The number of para-hydroxylation sites is 1. The zero-order valence-electron chi connectivity index (χ0n) is 25.7. The van der Waals surface area contributed by atoms with Gasteiger partial charge in [-0.05, 0) is 68.3 Å². The Hall–Kier alpha value is -4.31. The van der Waals surface area contributed by atoms with Crippen LogP contribution in [0.2, 0.25) is 10.0 Å². The van der Waals surface area contributed by atoms with E-state index in [0.29, 0.717) is 56.2 Å². The van der Waals surface area contributed by atoms with Gasteiger partial charge in [-0.3, -0.25) is 9.36 Å². The normalized spacial score (nSPS) is 14.5. The van der Waals surface area contributed by atoms with Crippen LogP contribution in [-0.2, 0) is 16.1 Å². The Morgan fingerprint density at radius 2 is 1.76 bits per heavy atom. The molecule has 236 valence electrons. The summed E-state index contributed by atoms with van der Waals surface area (Å²) < 4.78 is 21.0. The predicted octanol–water partition coefficient (Wildman–Crippen LogP) is 6.43. The van der Waals surface area contributed by atoms with Crippen LogP contribution in [0.15, 0.2) is 82.2 Å². The van der Waals surface area contributed by atoms with Gasteiger partial charge in [0.15, 0.2) is 16.3 Å². The lowest BCUT2D eigenvalue weighted by molar-refractivity contribution is -0.136. The van der Waals surface area contributed by atoms with E-state index in [9.17, 15) is 9.59 Å². The van der Waals surface area contributed by atoms with Crippen molar-refractivity contribution >= 4 is 57.5 Å². The van der Waals surface area contributed by atoms with Crippen LogP contribution in [0.4, 0.5) is 0 Å². The van der Waals surface area contributed by atoms with Gasteiger partial charge in [-0.25, -0.2) is 9.79 Å². The summed E-state index contributed by atoms with van der Waals surface area (Å²) in [5.74, 6) is 0.531. The number of thiazole rings is 1. The number of hydrogen-bond acceptors (Lipinski definition) is 7. The second-order valence-corrected chi connectivity index (χ2v) is 12.4. The quantitative estimate of drug-likeness (QED) is 0.168. The van der Waals surface area contributed by atoms with E-state index in [-0.39, 0.29) is 11.1 Å². The van der Waals surface area contributed by atoms with E-state index < -0.39 is 12.0 Å². The summed E-state index contributed by atoms with van der Waals surface area (Å²) in [5, 5.41) is 2.01. The van der Waals surface area contributed by atoms with Crippen molar-refractivity contribution < 1.29 is 19.0 Å². The topological polar surface area (TPSA) is 84.0 Å². The third-order valence-electron chi connectivity index (χ3n) is 7.89. The van der Waals surface area contributed by atoms with Gasteiger partial charge in [0.05, 0.1) is 46.5 Å². The molecule has 11 heteroatoms. The summed E-state index contributed by atoms with van der Waals surface area (Å²) >= 11 is 13.8. The first-order valence-electron chi connectivity index (χ1n) is 14.8. The number of rotatable bonds is 9. The minimum absolute atomic E-state index is 0.238. The standard InChI is InChI=1S/C35H31Cl2N3O5S/c1-5-44-29-14-12-22(16-30(29)45-6-2)32-25(34(42)43-4)18-38-35-40(32)33(41)31(46-35)17-24-20(3)39(28-10-8-7-9-23(24)28)19-21-11-13-26(36)27(37)15-21/h7-18,32H,5-6,19H2,1-4H3/b31-17+/t32-/m1/s1. The Labute approximate surface area is 279 Å². The van der Waals surface area contributed by atoms with Crippen molar-refractivity contribution in [3.63, 3.8) is 0 Å². The fourth-order valence-corrected chi connectivity index (χ4v) is 7.05. The van der Waals surface area contributed by atoms with Crippen LogP contribution in [-0.4, -0.2) is 35.4 Å². The zero-order chi connectivity index (χ0) is 32.5. The zero-order valence-corrected chi connectivity index (χ0v) is 28.0. The Bertz CT molecular complexity index is 2200. The highest BCUT2D eigenvalue weighted by molar-refractivity contribution is 7.07. The number of carbonyl (C=O) groups is 1. The molecule has 1 aliphatic heterocycles. The van der Waals surface area contributed by atoms with Crippen LogP contribution >= 0.6 is 34.5 Å². The van der Waals surface area contributed by atoms with Gasteiger partial charge in [0.2, 0.25) is 0 Å². The van der Waals surface area contributed by atoms with E-state index in [4.69, 9.17) is 37.4 Å². The van der Waals surface area contributed by atoms with Crippen molar-refractivity contribution in [2.75, 3.05) is 20.3 Å². The number of halogens is 2.